The van der Waals surface area contributed by atoms with E-state index in [1.807, 2.05) is 24.3 Å². The number of aromatic nitrogens is 2. The number of thiazole rings is 1. The molecule has 4 rings (SSSR count). The van der Waals surface area contributed by atoms with Crippen LogP contribution in [0.25, 0.3) is 21.5 Å². The van der Waals surface area contributed by atoms with Gasteiger partial charge in [-0.1, -0.05) is 36.4 Å². The van der Waals surface area contributed by atoms with Crippen molar-refractivity contribution in [3.63, 3.8) is 0 Å². The van der Waals surface area contributed by atoms with Crippen molar-refractivity contribution in [3.8, 4) is 10.6 Å². The summed E-state index contributed by atoms with van der Waals surface area (Å²) in [6.45, 7) is 0. The second-order valence-corrected chi connectivity index (χ2v) is 7.08. The largest absolute Gasteiger partial charge is 0.288 e. The Morgan fingerprint density at radius 3 is 2.69 bits per heavy atom. The maximum atomic E-state index is 13.3. The minimum atomic E-state index is -0.511. The first-order chi connectivity index (χ1) is 14.1. The summed E-state index contributed by atoms with van der Waals surface area (Å²) in [7, 11) is 0. The molecule has 0 atom stereocenters. The molecule has 2 amide bonds. The maximum absolute atomic E-state index is 13.3. The van der Waals surface area contributed by atoms with Gasteiger partial charge in [0, 0.05) is 16.3 Å². The fourth-order valence-electron chi connectivity index (χ4n) is 2.73. The van der Waals surface area contributed by atoms with Gasteiger partial charge < -0.3 is 0 Å². The van der Waals surface area contributed by atoms with E-state index in [-0.39, 0.29) is 17.9 Å². The van der Waals surface area contributed by atoms with Crippen LogP contribution in [0.15, 0.2) is 66.0 Å². The first kappa shape index (κ1) is 18.7. The van der Waals surface area contributed by atoms with E-state index < -0.39 is 11.8 Å². The molecule has 2 heterocycles. The highest BCUT2D eigenvalue weighted by molar-refractivity contribution is 7.13. The van der Waals surface area contributed by atoms with Crippen molar-refractivity contribution in [1.29, 1.82) is 0 Å². The molecule has 0 aliphatic rings. The van der Waals surface area contributed by atoms with Crippen molar-refractivity contribution < 1.29 is 14.0 Å². The lowest BCUT2D eigenvalue weighted by molar-refractivity contribution is -0.121. The molecular weight excluding hydrogens is 391 g/mol. The molecule has 0 spiro atoms. The van der Waals surface area contributed by atoms with E-state index in [2.05, 4.69) is 20.8 Å². The van der Waals surface area contributed by atoms with E-state index in [4.69, 9.17) is 0 Å². The minimum Gasteiger partial charge on any atom is -0.273 e. The molecule has 2 aromatic heterocycles. The van der Waals surface area contributed by atoms with E-state index >= 15 is 0 Å². The van der Waals surface area contributed by atoms with Gasteiger partial charge in [-0.15, -0.1) is 11.3 Å². The van der Waals surface area contributed by atoms with Gasteiger partial charge in [0.15, 0.2) is 0 Å². The summed E-state index contributed by atoms with van der Waals surface area (Å²) in [6.07, 6.45) is -0.0166. The third kappa shape index (κ3) is 4.44. The Hall–Kier alpha value is -3.65. The number of hydrogen-bond donors (Lipinski definition) is 2. The summed E-state index contributed by atoms with van der Waals surface area (Å²) in [6, 6.07) is 16.9. The van der Waals surface area contributed by atoms with Crippen LogP contribution in [0.2, 0.25) is 0 Å². The molecule has 6 nitrogen and oxygen atoms in total. The van der Waals surface area contributed by atoms with Crippen molar-refractivity contribution in [2.75, 3.05) is 0 Å². The Kier molecular flexibility index (Phi) is 5.26. The zero-order valence-electron chi connectivity index (χ0n) is 15.1. The second kappa shape index (κ2) is 8.15. The number of nitrogens with zero attached hydrogens (tertiary/aromatic N) is 2. The third-order valence-electron chi connectivity index (χ3n) is 4.11. The van der Waals surface area contributed by atoms with E-state index in [1.54, 1.807) is 29.6 Å². The first-order valence-corrected chi connectivity index (χ1v) is 9.62. The summed E-state index contributed by atoms with van der Waals surface area (Å²) in [5, 5.41) is 3.27. The fraction of sp³-hybridized carbons (Fsp3) is 0.0476. The van der Waals surface area contributed by atoms with Crippen molar-refractivity contribution in [3.05, 3.63) is 83.2 Å². The number of benzene rings is 2. The zero-order chi connectivity index (χ0) is 20.2. The number of rotatable bonds is 4. The molecule has 144 valence electrons. The molecule has 0 saturated carbocycles. The minimum absolute atomic E-state index is 0.0166. The van der Waals surface area contributed by atoms with Gasteiger partial charge in [0.25, 0.3) is 5.91 Å². The zero-order valence-corrected chi connectivity index (χ0v) is 15.9. The Bertz CT molecular complexity index is 1210. The van der Waals surface area contributed by atoms with Crippen LogP contribution < -0.4 is 10.9 Å². The standard InChI is InChI=1S/C21H15FN4O2S/c22-15-6-3-5-14(10-15)21-23-16(12-29-21)11-19(27)25-26-20(28)18-9-8-13-4-1-2-7-17(13)24-18/h1-10,12H,11H2,(H,25,27)(H,26,28). The van der Waals surface area contributed by atoms with Gasteiger partial charge in [-0.2, -0.15) is 0 Å². The van der Waals surface area contributed by atoms with Crippen molar-refractivity contribution in [2.24, 2.45) is 0 Å². The molecule has 2 N–H and O–H groups in total. The average molecular weight is 406 g/mol. The molecule has 8 heteroatoms. The van der Waals surface area contributed by atoms with E-state index in [0.717, 1.165) is 5.39 Å². The van der Waals surface area contributed by atoms with Gasteiger partial charge in [-0.05, 0) is 24.3 Å². The number of carbonyl (C=O) groups excluding carboxylic acids is 2. The topological polar surface area (TPSA) is 84.0 Å². The van der Waals surface area contributed by atoms with Gasteiger partial charge in [-0.3, -0.25) is 20.4 Å². The molecule has 0 bridgehead atoms. The highest BCUT2D eigenvalue weighted by Gasteiger charge is 2.12. The van der Waals surface area contributed by atoms with Gasteiger partial charge in [-0.25, -0.2) is 14.4 Å². The highest BCUT2D eigenvalue weighted by Crippen LogP contribution is 2.24. The molecule has 29 heavy (non-hydrogen) atoms. The predicted octanol–water partition coefficient (Wildman–Crippen LogP) is 3.50. The molecular formula is C21H15FN4O2S. The van der Waals surface area contributed by atoms with Crippen molar-refractivity contribution >= 4 is 34.1 Å². The number of nitrogens with one attached hydrogen (secondary N) is 2. The lowest BCUT2D eigenvalue weighted by Gasteiger charge is -2.07. The Balaban J connectivity index is 1.35. The maximum Gasteiger partial charge on any atom is 0.288 e. The summed E-state index contributed by atoms with van der Waals surface area (Å²) in [4.78, 5) is 33.0. The second-order valence-electron chi connectivity index (χ2n) is 6.22. The van der Waals surface area contributed by atoms with E-state index in [0.29, 0.717) is 21.8 Å². The van der Waals surface area contributed by atoms with Crippen molar-refractivity contribution in [1.82, 2.24) is 20.8 Å². The molecule has 0 radical (unpaired) electrons. The number of amides is 2. The Morgan fingerprint density at radius 2 is 1.83 bits per heavy atom. The predicted molar refractivity (Wildman–Crippen MR) is 109 cm³/mol. The molecule has 0 aliphatic heterocycles. The van der Waals surface area contributed by atoms with Crippen LogP contribution in [-0.4, -0.2) is 21.8 Å². The number of pyridine rings is 1. The summed E-state index contributed by atoms with van der Waals surface area (Å²) >= 11 is 1.32. The lowest BCUT2D eigenvalue weighted by Crippen LogP contribution is -2.42. The lowest BCUT2D eigenvalue weighted by atomic mass is 10.2. The SMILES string of the molecule is O=C(Cc1csc(-c2cccc(F)c2)n1)NNC(=O)c1ccc2ccccc2n1. The summed E-state index contributed by atoms with van der Waals surface area (Å²) in [5.41, 5.74) is 6.79. The van der Waals surface area contributed by atoms with Gasteiger partial charge >= 0.3 is 0 Å². The Morgan fingerprint density at radius 1 is 0.966 bits per heavy atom. The quantitative estimate of drug-likeness (QED) is 0.508. The number of hydrazine groups is 1. The van der Waals surface area contributed by atoms with Crippen LogP contribution in [0.1, 0.15) is 16.2 Å². The highest BCUT2D eigenvalue weighted by atomic mass is 32.1. The molecule has 0 saturated heterocycles. The number of para-hydroxylation sites is 1. The van der Waals surface area contributed by atoms with Crippen molar-refractivity contribution in [2.45, 2.75) is 6.42 Å². The summed E-state index contributed by atoms with van der Waals surface area (Å²) < 4.78 is 13.3. The molecule has 0 unspecified atom stereocenters. The van der Waals surface area contributed by atoms with Crippen LogP contribution in [0.3, 0.4) is 0 Å². The molecule has 2 aromatic carbocycles. The normalized spacial score (nSPS) is 10.7. The molecule has 4 aromatic rings. The van der Waals surface area contributed by atoms with E-state index in [1.165, 1.54) is 23.5 Å². The Labute approximate surface area is 169 Å². The molecule has 0 fully saturated rings. The molecule has 0 aliphatic carbocycles. The first-order valence-electron chi connectivity index (χ1n) is 8.74. The van der Waals surface area contributed by atoms with Gasteiger partial charge in [0.2, 0.25) is 5.91 Å². The van der Waals surface area contributed by atoms with Crippen LogP contribution >= 0.6 is 11.3 Å². The third-order valence-corrected chi connectivity index (χ3v) is 5.05. The van der Waals surface area contributed by atoms with Crippen LogP contribution in [0, 0.1) is 5.82 Å². The number of fused-ring (bicyclic) bond motifs is 1. The number of halogens is 1. The van der Waals surface area contributed by atoms with Crippen LogP contribution in [-0.2, 0) is 11.2 Å². The smallest absolute Gasteiger partial charge is 0.273 e. The van der Waals surface area contributed by atoms with Gasteiger partial charge in [0.05, 0.1) is 17.6 Å². The van der Waals surface area contributed by atoms with Crippen LogP contribution in [0.4, 0.5) is 4.39 Å². The van der Waals surface area contributed by atoms with E-state index in [9.17, 15) is 14.0 Å². The summed E-state index contributed by atoms with van der Waals surface area (Å²) in [5.74, 6) is -1.28. The van der Waals surface area contributed by atoms with Gasteiger partial charge in [0.1, 0.15) is 16.5 Å². The monoisotopic (exact) mass is 406 g/mol. The number of hydrogen-bond acceptors (Lipinski definition) is 5. The number of carbonyl (C=O) groups is 2. The fourth-order valence-corrected chi connectivity index (χ4v) is 3.55. The average Bonchev–Trinajstić information content (AvgIpc) is 3.20. The van der Waals surface area contributed by atoms with Crippen LogP contribution in [0.5, 0.6) is 0 Å².